The number of benzene rings is 2. The summed E-state index contributed by atoms with van der Waals surface area (Å²) < 4.78 is 50.8. The number of alkyl halides is 3. The number of morpholine rings is 1. The second kappa shape index (κ2) is 8.14. The van der Waals surface area contributed by atoms with Crippen molar-refractivity contribution in [3.63, 3.8) is 0 Å². The number of carbonyl (C=O) groups excluding carboxylic acids is 1. The molecule has 2 atom stereocenters. The van der Waals surface area contributed by atoms with Gasteiger partial charge < -0.3 is 9.47 Å². The van der Waals surface area contributed by atoms with Crippen LogP contribution in [0, 0.1) is 6.92 Å². The van der Waals surface area contributed by atoms with Crippen LogP contribution < -0.4 is 0 Å². The topological polar surface area (TPSA) is 38.8 Å². The van der Waals surface area contributed by atoms with E-state index >= 15 is 0 Å². The molecule has 1 amide bonds. The van der Waals surface area contributed by atoms with Gasteiger partial charge in [0.15, 0.2) is 0 Å². The Morgan fingerprint density at radius 2 is 1.93 bits per heavy atom. The van der Waals surface area contributed by atoms with Gasteiger partial charge in [-0.1, -0.05) is 42.5 Å². The minimum absolute atomic E-state index is 0.167. The lowest BCUT2D eigenvalue weighted by atomic mass is 9.88. The number of hydrogen-bond donors (Lipinski definition) is 0. The summed E-state index contributed by atoms with van der Waals surface area (Å²) in [5, 5.41) is 0. The summed E-state index contributed by atoms with van der Waals surface area (Å²) in [5.74, 6) is 0. The van der Waals surface area contributed by atoms with Crippen LogP contribution in [0.25, 0.3) is 5.57 Å². The minimum Gasteiger partial charge on any atom is -0.445 e. The molecule has 2 aromatic rings. The Morgan fingerprint density at radius 3 is 2.63 bits per heavy atom. The Bertz CT molecular complexity index is 956. The van der Waals surface area contributed by atoms with E-state index in [1.54, 1.807) is 17.9 Å². The van der Waals surface area contributed by atoms with E-state index in [1.807, 2.05) is 36.4 Å². The van der Waals surface area contributed by atoms with Crippen LogP contribution in [-0.4, -0.2) is 36.3 Å². The fourth-order valence-corrected chi connectivity index (χ4v) is 4.02. The van der Waals surface area contributed by atoms with Crippen molar-refractivity contribution in [3.05, 3.63) is 76.9 Å². The normalized spacial score (nSPS) is 21.2. The van der Waals surface area contributed by atoms with E-state index in [0.29, 0.717) is 30.8 Å². The highest BCUT2D eigenvalue weighted by atomic mass is 19.4. The molecule has 1 saturated heterocycles. The average Bonchev–Trinajstić information content (AvgIpc) is 2.70. The van der Waals surface area contributed by atoms with Crippen molar-refractivity contribution < 1.29 is 27.4 Å². The molecule has 2 aliphatic rings. The van der Waals surface area contributed by atoms with Crippen LogP contribution in [0.15, 0.2) is 54.6 Å². The number of nitrogens with zero attached hydrogens (tertiary/aromatic N) is 1. The molecule has 0 spiro atoms. The third-order valence-electron chi connectivity index (χ3n) is 5.39. The van der Waals surface area contributed by atoms with E-state index in [1.165, 1.54) is 6.07 Å². The number of fused-ring (bicyclic) bond motifs is 2. The molecule has 7 heteroatoms. The lowest BCUT2D eigenvalue weighted by Crippen LogP contribution is -2.56. The maximum Gasteiger partial charge on any atom is 0.416 e. The number of carbonyl (C=O) groups is 1. The molecule has 158 valence electrons. The van der Waals surface area contributed by atoms with Crippen molar-refractivity contribution >= 4 is 11.7 Å². The first kappa shape index (κ1) is 20.5. The number of halogens is 3. The maximum absolute atomic E-state index is 13.2. The lowest BCUT2D eigenvalue weighted by molar-refractivity contribution is -0.137. The molecule has 30 heavy (non-hydrogen) atoms. The average molecular weight is 417 g/mol. The number of rotatable bonds is 3. The molecule has 1 fully saturated rings. The molecular weight excluding hydrogens is 395 g/mol. The lowest BCUT2D eigenvalue weighted by Gasteiger charge is -2.43. The molecule has 2 aliphatic heterocycles. The van der Waals surface area contributed by atoms with Gasteiger partial charge in [0, 0.05) is 0 Å². The van der Waals surface area contributed by atoms with Gasteiger partial charge in [0.2, 0.25) is 0 Å². The van der Waals surface area contributed by atoms with Gasteiger partial charge in [0.05, 0.1) is 30.9 Å². The van der Waals surface area contributed by atoms with Gasteiger partial charge in [-0.25, -0.2) is 4.79 Å². The summed E-state index contributed by atoms with van der Waals surface area (Å²) in [6, 6.07) is 12.8. The van der Waals surface area contributed by atoms with Crippen molar-refractivity contribution in [1.29, 1.82) is 0 Å². The Kier molecular flexibility index (Phi) is 5.56. The number of aryl methyl sites for hydroxylation is 1. The van der Waals surface area contributed by atoms with E-state index in [-0.39, 0.29) is 18.7 Å². The molecule has 2 heterocycles. The molecule has 2 unspecified atom stereocenters. The standard InChI is InChI=1S/C23H22F3NO3/c1-15-7-17(9-19(8-15)23(24,25)26)18-10-20-13-29-14-21(11-18)27(20)22(28)30-12-16-5-3-2-4-6-16/h2-10,20-21H,11-14H2,1H3. The van der Waals surface area contributed by atoms with Gasteiger partial charge >= 0.3 is 12.3 Å². The smallest absolute Gasteiger partial charge is 0.416 e. The highest BCUT2D eigenvalue weighted by Gasteiger charge is 2.39. The van der Waals surface area contributed by atoms with Gasteiger partial charge in [-0.3, -0.25) is 4.90 Å². The van der Waals surface area contributed by atoms with Crippen LogP contribution in [0.4, 0.5) is 18.0 Å². The highest BCUT2D eigenvalue weighted by Crippen LogP contribution is 2.36. The van der Waals surface area contributed by atoms with Gasteiger partial charge in [-0.2, -0.15) is 13.2 Å². The molecular formula is C23H22F3NO3. The Balaban J connectivity index is 1.55. The molecule has 2 aromatic carbocycles. The van der Waals surface area contributed by atoms with Crippen molar-refractivity contribution in [2.75, 3.05) is 13.2 Å². The van der Waals surface area contributed by atoms with Crippen LogP contribution in [0.3, 0.4) is 0 Å². The van der Waals surface area contributed by atoms with Gasteiger partial charge in [0.1, 0.15) is 6.61 Å². The fourth-order valence-electron chi connectivity index (χ4n) is 4.02. The molecule has 0 radical (unpaired) electrons. The summed E-state index contributed by atoms with van der Waals surface area (Å²) in [7, 11) is 0. The number of hydrogen-bond acceptors (Lipinski definition) is 3. The number of amides is 1. The molecule has 0 aliphatic carbocycles. The predicted octanol–water partition coefficient (Wildman–Crippen LogP) is 5.21. The first-order valence-corrected chi connectivity index (χ1v) is 9.78. The summed E-state index contributed by atoms with van der Waals surface area (Å²) >= 11 is 0. The van der Waals surface area contributed by atoms with Crippen LogP contribution in [0.1, 0.15) is 28.7 Å². The Morgan fingerprint density at radius 1 is 1.17 bits per heavy atom. The van der Waals surface area contributed by atoms with E-state index in [9.17, 15) is 18.0 Å². The molecule has 0 saturated carbocycles. The second-order valence-electron chi connectivity index (χ2n) is 7.69. The summed E-state index contributed by atoms with van der Waals surface area (Å²) in [6.45, 7) is 2.43. The first-order valence-electron chi connectivity index (χ1n) is 9.78. The van der Waals surface area contributed by atoms with Crippen molar-refractivity contribution in [2.45, 2.75) is 38.2 Å². The van der Waals surface area contributed by atoms with Crippen molar-refractivity contribution in [2.24, 2.45) is 0 Å². The SMILES string of the molecule is Cc1cc(C2=CC3COCC(C2)N3C(=O)OCc2ccccc2)cc(C(F)(F)F)c1. The molecule has 2 bridgehead atoms. The molecule has 4 nitrogen and oxygen atoms in total. The van der Waals surface area contributed by atoms with Gasteiger partial charge in [-0.15, -0.1) is 0 Å². The maximum atomic E-state index is 13.2. The summed E-state index contributed by atoms with van der Waals surface area (Å²) in [6.07, 6.45) is -2.60. The van der Waals surface area contributed by atoms with E-state index < -0.39 is 17.8 Å². The zero-order valence-corrected chi connectivity index (χ0v) is 16.5. The fraction of sp³-hybridized carbons (Fsp3) is 0.348. The second-order valence-corrected chi connectivity index (χ2v) is 7.69. The quantitative estimate of drug-likeness (QED) is 0.689. The highest BCUT2D eigenvalue weighted by molar-refractivity contribution is 5.75. The predicted molar refractivity (Wildman–Crippen MR) is 106 cm³/mol. The van der Waals surface area contributed by atoms with Crippen LogP contribution in [-0.2, 0) is 22.3 Å². The summed E-state index contributed by atoms with van der Waals surface area (Å²) in [4.78, 5) is 14.4. The summed E-state index contributed by atoms with van der Waals surface area (Å²) in [5.41, 5.74) is 2.11. The largest absolute Gasteiger partial charge is 0.445 e. The van der Waals surface area contributed by atoms with E-state index in [0.717, 1.165) is 17.2 Å². The third-order valence-corrected chi connectivity index (χ3v) is 5.39. The van der Waals surface area contributed by atoms with Crippen molar-refractivity contribution in [1.82, 2.24) is 4.90 Å². The Labute approximate surface area is 172 Å². The monoisotopic (exact) mass is 417 g/mol. The Hall–Kier alpha value is -2.80. The van der Waals surface area contributed by atoms with Crippen molar-refractivity contribution in [3.8, 4) is 0 Å². The van der Waals surface area contributed by atoms with E-state index in [4.69, 9.17) is 9.47 Å². The molecule has 0 aromatic heterocycles. The third kappa shape index (κ3) is 4.36. The zero-order valence-electron chi connectivity index (χ0n) is 16.5. The van der Waals surface area contributed by atoms with Gasteiger partial charge in [-0.05, 0) is 47.7 Å². The zero-order chi connectivity index (χ0) is 21.3. The first-order chi connectivity index (χ1) is 14.3. The number of ether oxygens (including phenoxy) is 2. The van der Waals surface area contributed by atoms with Gasteiger partial charge in [0.25, 0.3) is 0 Å². The van der Waals surface area contributed by atoms with Crippen LogP contribution in [0.2, 0.25) is 0 Å². The molecule has 0 N–H and O–H groups in total. The van der Waals surface area contributed by atoms with Crippen LogP contribution in [0.5, 0.6) is 0 Å². The molecule has 4 rings (SSSR count). The van der Waals surface area contributed by atoms with Crippen LogP contribution >= 0.6 is 0 Å². The minimum atomic E-state index is -4.40. The van der Waals surface area contributed by atoms with E-state index in [2.05, 4.69) is 0 Å².